The van der Waals surface area contributed by atoms with Crippen molar-refractivity contribution in [3.05, 3.63) is 12.2 Å². The number of carboxylic acids is 1. The van der Waals surface area contributed by atoms with Gasteiger partial charge in [-0.1, -0.05) is 6.58 Å². The molecule has 0 amide bonds. The van der Waals surface area contributed by atoms with Crippen molar-refractivity contribution in [3.8, 4) is 0 Å². The summed E-state index contributed by atoms with van der Waals surface area (Å²) < 4.78 is 14.4. The van der Waals surface area contributed by atoms with Crippen LogP contribution in [0.3, 0.4) is 0 Å². The van der Waals surface area contributed by atoms with Gasteiger partial charge in [-0.2, -0.15) is 0 Å². The van der Waals surface area contributed by atoms with Gasteiger partial charge in [0.25, 0.3) is 0 Å². The minimum atomic E-state index is -0.935. The quantitative estimate of drug-likeness (QED) is 0.297. The number of ether oxygens (including phenoxy) is 3. The minimum Gasteiger partial charge on any atom is -0.478 e. The Morgan fingerprint density at radius 1 is 1.28 bits per heavy atom. The third-order valence-corrected chi connectivity index (χ3v) is 1.51. The zero-order chi connectivity index (χ0) is 14.4. The number of hydrogen-bond donors (Lipinski definition) is 3. The molecule has 0 aromatic heterocycles. The van der Waals surface area contributed by atoms with Gasteiger partial charge in [-0.15, -0.1) is 0 Å². The number of aliphatic hydroxyl groups is 2. The lowest BCUT2D eigenvalue weighted by molar-refractivity contribution is -0.132. The fraction of sp³-hybridized carbons (Fsp3) is 0.727. The lowest BCUT2D eigenvalue weighted by Crippen LogP contribution is -2.19. The van der Waals surface area contributed by atoms with Crippen molar-refractivity contribution in [2.75, 3.05) is 40.1 Å². The number of carboxylic acid groups (broad SMARTS) is 1. The van der Waals surface area contributed by atoms with E-state index >= 15 is 0 Å². The molecule has 0 heterocycles. The van der Waals surface area contributed by atoms with Crippen LogP contribution in [0.2, 0.25) is 0 Å². The highest BCUT2D eigenvalue weighted by Crippen LogP contribution is 1.85. The summed E-state index contributed by atoms with van der Waals surface area (Å²) in [6, 6.07) is 0. The Morgan fingerprint density at radius 3 is 2.17 bits per heavy atom. The van der Waals surface area contributed by atoms with Gasteiger partial charge in [0.05, 0.1) is 33.0 Å². The van der Waals surface area contributed by atoms with Crippen LogP contribution in [0.15, 0.2) is 12.2 Å². The molecule has 0 aliphatic rings. The second-order valence-electron chi connectivity index (χ2n) is 3.19. The highest BCUT2D eigenvalue weighted by Gasteiger charge is 1.99. The molecule has 0 aliphatic heterocycles. The van der Waals surface area contributed by atoms with Crippen LogP contribution in [0.5, 0.6) is 0 Å². The highest BCUT2D eigenvalue weighted by molar-refractivity contribution is 5.84. The standard InChI is InChI=1S/C7H16O5.C4H6O2/c1-10-7(9)6-12-5-4-11-3-2-8;1-3(2)4(5)6/h7-9H,2-6H2,1H3;1H2,2H3,(H,5,6). The van der Waals surface area contributed by atoms with E-state index in [1.807, 2.05) is 0 Å². The third kappa shape index (κ3) is 17.4. The summed E-state index contributed by atoms with van der Waals surface area (Å²) >= 11 is 0. The van der Waals surface area contributed by atoms with Crippen LogP contribution in [0.1, 0.15) is 6.92 Å². The smallest absolute Gasteiger partial charge is 0.330 e. The van der Waals surface area contributed by atoms with Crippen LogP contribution in [0.4, 0.5) is 0 Å². The second kappa shape index (κ2) is 14.1. The van der Waals surface area contributed by atoms with Gasteiger partial charge in [0.1, 0.15) is 0 Å². The van der Waals surface area contributed by atoms with Crippen molar-refractivity contribution in [2.24, 2.45) is 0 Å². The first-order valence-electron chi connectivity index (χ1n) is 5.31. The Balaban J connectivity index is 0. The molecule has 0 saturated carbocycles. The molecule has 18 heavy (non-hydrogen) atoms. The minimum absolute atomic E-state index is 0.0146. The van der Waals surface area contributed by atoms with Crippen LogP contribution in [0.25, 0.3) is 0 Å². The van der Waals surface area contributed by atoms with Gasteiger partial charge in [-0.05, 0) is 6.92 Å². The van der Waals surface area contributed by atoms with Crippen molar-refractivity contribution in [2.45, 2.75) is 13.2 Å². The van der Waals surface area contributed by atoms with E-state index in [2.05, 4.69) is 11.3 Å². The first-order valence-corrected chi connectivity index (χ1v) is 5.31. The molecule has 0 rings (SSSR count). The van der Waals surface area contributed by atoms with Crippen molar-refractivity contribution < 1.29 is 34.3 Å². The van der Waals surface area contributed by atoms with Crippen molar-refractivity contribution in [1.29, 1.82) is 0 Å². The Bertz CT molecular complexity index is 205. The molecule has 0 aliphatic carbocycles. The summed E-state index contributed by atoms with van der Waals surface area (Å²) in [4.78, 5) is 9.60. The molecule has 0 fully saturated rings. The summed E-state index contributed by atoms with van der Waals surface area (Å²) in [5, 5.41) is 25.0. The van der Waals surface area contributed by atoms with Crippen molar-refractivity contribution in [3.63, 3.8) is 0 Å². The molecule has 7 heteroatoms. The van der Waals surface area contributed by atoms with Gasteiger partial charge >= 0.3 is 5.97 Å². The molecule has 1 unspecified atom stereocenters. The summed E-state index contributed by atoms with van der Waals surface area (Å²) in [6.45, 7) is 5.87. The molecule has 0 aromatic rings. The number of aliphatic carboxylic acids is 1. The molecular formula is C11H22O7. The van der Waals surface area contributed by atoms with E-state index in [1.54, 1.807) is 0 Å². The maximum Gasteiger partial charge on any atom is 0.330 e. The Hall–Kier alpha value is -0.990. The lowest BCUT2D eigenvalue weighted by Gasteiger charge is -2.08. The summed E-state index contributed by atoms with van der Waals surface area (Å²) in [5.41, 5.74) is 0.176. The van der Waals surface area contributed by atoms with E-state index in [0.717, 1.165) is 0 Å². The number of rotatable bonds is 9. The van der Waals surface area contributed by atoms with Crippen molar-refractivity contribution >= 4 is 5.97 Å². The zero-order valence-corrected chi connectivity index (χ0v) is 10.8. The van der Waals surface area contributed by atoms with Gasteiger partial charge in [-0.25, -0.2) is 4.79 Å². The zero-order valence-electron chi connectivity index (χ0n) is 10.8. The highest BCUT2D eigenvalue weighted by atomic mass is 16.6. The predicted molar refractivity (Wildman–Crippen MR) is 64.2 cm³/mol. The molecule has 0 saturated heterocycles. The van der Waals surface area contributed by atoms with E-state index in [9.17, 15) is 4.79 Å². The Kier molecular flexibility index (Phi) is 15.1. The van der Waals surface area contributed by atoms with Crippen LogP contribution < -0.4 is 0 Å². The van der Waals surface area contributed by atoms with Crippen LogP contribution in [-0.2, 0) is 19.0 Å². The van der Waals surface area contributed by atoms with Gasteiger partial charge < -0.3 is 29.5 Å². The van der Waals surface area contributed by atoms with Crippen LogP contribution >= 0.6 is 0 Å². The Morgan fingerprint density at radius 2 is 1.78 bits per heavy atom. The largest absolute Gasteiger partial charge is 0.478 e. The number of methoxy groups -OCH3 is 1. The summed E-state index contributed by atoms with van der Waals surface area (Å²) in [5.74, 6) is -0.935. The normalized spacial score (nSPS) is 11.3. The van der Waals surface area contributed by atoms with E-state index in [0.29, 0.717) is 19.8 Å². The predicted octanol–water partition coefficient (Wildman–Crippen LogP) is -0.376. The van der Waals surface area contributed by atoms with Crippen molar-refractivity contribution in [1.82, 2.24) is 0 Å². The lowest BCUT2D eigenvalue weighted by atomic mass is 10.4. The van der Waals surface area contributed by atoms with Crippen LogP contribution in [0, 0.1) is 0 Å². The van der Waals surface area contributed by atoms with Gasteiger partial charge in [0.15, 0.2) is 6.29 Å². The van der Waals surface area contributed by atoms with Gasteiger partial charge in [0.2, 0.25) is 0 Å². The maximum absolute atomic E-state index is 9.60. The monoisotopic (exact) mass is 266 g/mol. The molecule has 7 nitrogen and oxygen atoms in total. The number of aliphatic hydroxyl groups excluding tert-OH is 2. The van der Waals surface area contributed by atoms with E-state index in [-0.39, 0.29) is 18.8 Å². The van der Waals surface area contributed by atoms with E-state index in [1.165, 1.54) is 14.0 Å². The number of carbonyl (C=O) groups is 1. The number of hydrogen-bond acceptors (Lipinski definition) is 6. The molecule has 108 valence electrons. The third-order valence-electron chi connectivity index (χ3n) is 1.51. The first kappa shape index (κ1) is 19.4. The average molecular weight is 266 g/mol. The summed E-state index contributed by atoms with van der Waals surface area (Å²) in [7, 11) is 1.40. The van der Waals surface area contributed by atoms with E-state index in [4.69, 9.17) is 24.8 Å². The first-order chi connectivity index (χ1) is 8.45. The fourth-order valence-electron chi connectivity index (χ4n) is 0.537. The Labute approximate surface area is 107 Å². The summed E-state index contributed by atoms with van der Waals surface area (Å²) in [6.07, 6.45) is -0.872. The molecule has 3 N–H and O–H groups in total. The SMILES string of the molecule is C=C(C)C(=O)O.COC(O)COCCOCCO. The second-order valence-corrected chi connectivity index (χ2v) is 3.19. The van der Waals surface area contributed by atoms with E-state index < -0.39 is 12.3 Å². The molecule has 0 radical (unpaired) electrons. The molecule has 0 spiro atoms. The molecule has 0 bridgehead atoms. The van der Waals surface area contributed by atoms with Gasteiger partial charge in [0, 0.05) is 12.7 Å². The average Bonchev–Trinajstić information content (AvgIpc) is 2.33. The van der Waals surface area contributed by atoms with Gasteiger partial charge in [-0.3, -0.25) is 0 Å². The molecule has 1 atom stereocenters. The fourth-order valence-corrected chi connectivity index (χ4v) is 0.537. The topological polar surface area (TPSA) is 105 Å². The molecule has 0 aromatic carbocycles. The van der Waals surface area contributed by atoms with Crippen LogP contribution in [-0.4, -0.2) is 67.7 Å². The maximum atomic E-state index is 9.60. The molecular weight excluding hydrogens is 244 g/mol.